The summed E-state index contributed by atoms with van der Waals surface area (Å²) in [6, 6.07) is 0. The van der Waals surface area contributed by atoms with E-state index in [-0.39, 0.29) is 23.1 Å². The van der Waals surface area contributed by atoms with Crippen LogP contribution in [0.5, 0.6) is 0 Å². The molecule has 8 heteroatoms. The minimum absolute atomic E-state index is 0.0850. The molecule has 0 saturated heterocycles. The maximum absolute atomic E-state index is 11.4. The summed E-state index contributed by atoms with van der Waals surface area (Å²) < 4.78 is 18.8. The van der Waals surface area contributed by atoms with Crippen molar-refractivity contribution in [1.29, 1.82) is 0 Å². The number of methoxy groups -OCH3 is 1. The molecule has 0 N–H and O–H groups in total. The van der Waals surface area contributed by atoms with E-state index in [0.717, 1.165) is 70.0 Å². The molecule has 0 bridgehead atoms. The molecule has 240 valence electrons. The molecule has 0 amide bonds. The van der Waals surface area contributed by atoms with Gasteiger partial charge in [0.05, 0.1) is 25.5 Å². The fourth-order valence-corrected chi connectivity index (χ4v) is 5.78. The van der Waals surface area contributed by atoms with Gasteiger partial charge in [-0.1, -0.05) is 71.6 Å². The first-order valence-electron chi connectivity index (χ1n) is 16.1. The highest BCUT2D eigenvalue weighted by Crippen LogP contribution is 2.38. The Hall–Kier alpha value is -2.19. The van der Waals surface area contributed by atoms with Crippen molar-refractivity contribution in [2.45, 2.75) is 149 Å². The van der Waals surface area contributed by atoms with Crippen molar-refractivity contribution < 1.29 is 23.5 Å². The van der Waals surface area contributed by atoms with Gasteiger partial charge in [0.2, 0.25) is 0 Å². The van der Waals surface area contributed by atoms with Crippen LogP contribution in [0.4, 0.5) is 0 Å². The van der Waals surface area contributed by atoms with E-state index in [2.05, 4.69) is 76.7 Å². The molecule has 1 rings (SSSR count). The number of unbranched alkanes of at least 4 members (excludes halogenated alkanes) is 6. The fraction of sp³-hybridized carbons (Fsp3) is 0.735. The van der Waals surface area contributed by atoms with Crippen LogP contribution in [-0.4, -0.2) is 49.9 Å². The molecule has 1 aromatic rings. The lowest BCUT2D eigenvalue weighted by molar-refractivity contribution is -0.141. The summed E-state index contributed by atoms with van der Waals surface area (Å²) in [5.74, 6) is -0.372. The van der Waals surface area contributed by atoms with Crippen LogP contribution in [0.2, 0.25) is 18.1 Å². The molecular formula is C34H60N2O5Si. The fourth-order valence-electron chi connectivity index (χ4n) is 4.47. The second-order valence-corrected chi connectivity index (χ2v) is 17.6. The van der Waals surface area contributed by atoms with Gasteiger partial charge in [0.1, 0.15) is 0 Å². The topological polar surface area (TPSA) is 79.7 Å². The number of aromatic nitrogens is 2. The minimum Gasteiger partial charge on any atom is -0.469 e. The molecule has 1 aromatic heterocycles. The molecule has 1 atom stereocenters. The first-order valence-corrected chi connectivity index (χ1v) is 19.0. The molecule has 0 aliphatic carbocycles. The van der Waals surface area contributed by atoms with Crippen molar-refractivity contribution in [2.24, 2.45) is 0 Å². The van der Waals surface area contributed by atoms with Crippen LogP contribution in [0.1, 0.15) is 122 Å². The predicted molar refractivity (Wildman–Crippen MR) is 176 cm³/mol. The Morgan fingerprint density at radius 3 is 2.38 bits per heavy atom. The minimum atomic E-state index is -1.92. The number of nitrogens with zero attached hydrogens (tertiary/aromatic N) is 2. The molecule has 0 spiro atoms. The molecule has 0 radical (unpaired) electrons. The highest BCUT2D eigenvalue weighted by Gasteiger charge is 2.38. The van der Waals surface area contributed by atoms with Gasteiger partial charge >= 0.3 is 11.9 Å². The van der Waals surface area contributed by atoms with Gasteiger partial charge in [-0.05, 0) is 76.1 Å². The monoisotopic (exact) mass is 604 g/mol. The number of allylic oxidation sites excluding steroid dienone is 2. The molecule has 1 heterocycles. The third-order valence-corrected chi connectivity index (χ3v) is 12.7. The van der Waals surface area contributed by atoms with Crippen molar-refractivity contribution >= 4 is 26.3 Å². The lowest BCUT2D eigenvalue weighted by Gasteiger charge is -2.38. The first kappa shape index (κ1) is 37.8. The largest absolute Gasteiger partial charge is 0.469 e. The van der Waals surface area contributed by atoms with Crippen LogP contribution in [0.15, 0.2) is 18.2 Å². The summed E-state index contributed by atoms with van der Waals surface area (Å²) >= 11 is 0. The second-order valence-electron chi connectivity index (χ2n) is 12.8. The van der Waals surface area contributed by atoms with E-state index in [4.69, 9.17) is 19.0 Å². The van der Waals surface area contributed by atoms with Crippen LogP contribution >= 0.6 is 0 Å². The maximum atomic E-state index is 11.4. The lowest BCUT2D eigenvalue weighted by atomic mass is 10.1. The standard InChI is InChI=1S/C34H60N2O5Si/c1-10-11-16-21-30(41-42(8,9)34(4,5)6)24-25-32-31(22-17-12-13-18-23-33(38)39-7)28(2)36(35-32)26-19-14-15-20-27-40-29(3)37/h12,17,24-25,30H,10-11,13-16,18-23,26-27H2,1-9H3/b17-12-,25-24+. The third kappa shape index (κ3) is 14.8. The van der Waals surface area contributed by atoms with Gasteiger partial charge in [0.15, 0.2) is 8.32 Å². The van der Waals surface area contributed by atoms with Crippen LogP contribution in [0.25, 0.3) is 6.08 Å². The zero-order chi connectivity index (χ0) is 31.6. The van der Waals surface area contributed by atoms with E-state index in [1.54, 1.807) is 0 Å². The summed E-state index contributed by atoms with van der Waals surface area (Å²) in [4.78, 5) is 22.4. The number of ether oxygens (including phenoxy) is 2. The molecule has 0 aliphatic rings. The Labute approximate surface area is 257 Å². The number of hydrogen-bond donors (Lipinski definition) is 0. The van der Waals surface area contributed by atoms with Gasteiger partial charge in [-0.25, -0.2) is 0 Å². The van der Waals surface area contributed by atoms with Crippen LogP contribution < -0.4 is 0 Å². The smallest absolute Gasteiger partial charge is 0.305 e. The van der Waals surface area contributed by atoms with E-state index in [9.17, 15) is 9.59 Å². The zero-order valence-electron chi connectivity index (χ0n) is 28.2. The first-order chi connectivity index (χ1) is 19.8. The van der Waals surface area contributed by atoms with Crippen molar-refractivity contribution in [3.05, 3.63) is 35.2 Å². The normalized spacial score (nSPS) is 13.3. The summed E-state index contributed by atoms with van der Waals surface area (Å²) in [5, 5.41) is 5.21. The van der Waals surface area contributed by atoms with Gasteiger partial charge in [-0.2, -0.15) is 5.10 Å². The molecule has 0 fully saturated rings. The Bertz CT molecular complexity index is 991. The molecule has 0 aliphatic heterocycles. The van der Waals surface area contributed by atoms with Gasteiger partial charge < -0.3 is 13.9 Å². The van der Waals surface area contributed by atoms with E-state index in [1.165, 1.54) is 38.1 Å². The molecule has 42 heavy (non-hydrogen) atoms. The quantitative estimate of drug-likeness (QED) is 0.0604. The average molecular weight is 605 g/mol. The lowest BCUT2D eigenvalue weighted by Crippen LogP contribution is -2.43. The van der Waals surface area contributed by atoms with E-state index in [0.29, 0.717) is 13.0 Å². The zero-order valence-corrected chi connectivity index (χ0v) is 29.2. The highest BCUT2D eigenvalue weighted by molar-refractivity contribution is 6.74. The molecule has 7 nitrogen and oxygen atoms in total. The summed E-state index contributed by atoms with van der Waals surface area (Å²) in [7, 11) is -0.484. The number of esters is 2. The average Bonchev–Trinajstić information content (AvgIpc) is 3.21. The summed E-state index contributed by atoms with van der Waals surface area (Å²) in [6.45, 7) is 18.8. The number of hydrogen-bond acceptors (Lipinski definition) is 6. The number of carbonyl (C=O) groups is 2. The summed E-state index contributed by atoms with van der Waals surface area (Å²) in [6.07, 6.45) is 20.4. The molecular weight excluding hydrogens is 544 g/mol. The van der Waals surface area contributed by atoms with Gasteiger partial charge in [-0.3, -0.25) is 14.3 Å². The van der Waals surface area contributed by atoms with Crippen molar-refractivity contribution in [2.75, 3.05) is 13.7 Å². The van der Waals surface area contributed by atoms with Gasteiger partial charge in [0, 0.05) is 31.1 Å². The van der Waals surface area contributed by atoms with E-state index in [1.807, 2.05) is 0 Å². The van der Waals surface area contributed by atoms with Crippen LogP contribution in [-0.2, 0) is 36.5 Å². The molecule has 0 aromatic carbocycles. The van der Waals surface area contributed by atoms with Crippen LogP contribution in [0.3, 0.4) is 0 Å². The van der Waals surface area contributed by atoms with E-state index < -0.39 is 8.32 Å². The Morgan fingerprint density at radius 2 is 1.74 bits per heavy atom. The predicted octanol–water partition coefficient (Wildman–Crippen LogP) is 8.74. The van der Waals surface area contributed by atoms with Crippen molar-refractivity contribution in [3.8, 4) is 0 Å². The van der Waals surface area contributed by atoms with Crippen LogP contribution in [0, 0.1) is 6.92 Å². The van der Waals surface area contributed by atoms with Gasteiger partial charge in [0.25, 0.3) is 0 Å². The van der Waals surface area contributed by atoms with E-state index >= 15 is 0 Å². The van der Waals surface area contributed by atoms with Crippen molar-refractivity contribution in [1.82, 2.24) is 9.78 Å². The van der Waals surface area contributed by atoms with Crippen molar-refractivity contribution in [3.63, 3.8) is 0 Å². The third-order valence-electron chi connectivity index (χ3n) is 8.21. The van der Waals surface area contributed by atoms with Gasteiger partial charge in [-0.15, -0.1) is 0 Å². The number of carbonyl (C=O) groups excluding carboxylic acids is 2. The number of rotatable bonds is 21. The Kier molecular flexibility index (Phi) is 17.9. The molecule has 0 saturated carbocycles. The Balaban J connectivity index is 3.06. The second kappa shape index (κ2) is 19.9. The SMILES string of the molecule is CCCCCC(/C=C/c1nn(CCCCCCOC(C)=O)c(C)c1C/C=C\CCCC(=O)OC)O[Si](C)(C)C(C)(C)C. The summed E-state index contributed by atoms with van der Waals surface area (Å²) in [5.41, 5.74) is 3.45. The number of aryl methyl sites for hydroxylation is 1. The maximum Gasteiger partial charge on any atom is 0.305 e. The Morgan fingerprint density at radius 1 is 1.02 bits per heavy atom. The highest BCUT2D eigenvalue weighted by atomic mass is 28.4. The molecule has 1 unspecified atom stereocenters.